The van der Waals surface area contributed by atoms with Gasteiger partial charge in [-0.2, -0.15) is 0 Å². The van der Waals surface area contributed by atoms with Gasteiger partial charge in [0.05, 0.1) is 4.92 Å². The predicted octanol–water partition coefficient (Wildman–Crippen LogP) is 4.17. The summed E-state index contributed by atoms with van der Waals surface area (Å²) in [6, 6.07) is 14.6. The summed E-state index contributed by atoms with van der Waals surface area (Å²) in [6.07, 6.45) is 3.36. The molecule has 0 spiro atoms. The maximum Gasteiger partial charge on any atom is 0.292 e. The summed E-state index contributed by atoms with van der Waals surface area (Å²) in [5.74, 6) is -0.0579. The standard InChI is InChI=1S/C19H21N3O3S/c1-26-16-6-4-5-15(13-16)20-19(23)14-9-11-21(12-10-14)17-7-2-3-8-18(17)22(24)25/h2-8,13-14H,9-12H2,1H3,(H,20,23). The molecule has 1 amide bonds. The summed E-state index contributed by atoms with van der Waals surface area (Å²) < 4.78 is 0. The van der Waals surface area contributed by atoms with Gasteiger partial charge in [0.2, 0.25) is 5.91 Å². The van der Waals surface area contributed by atoms with Crippen molar-refractivity contribution in [3.05, 3.63) is 58.6 Å². The van der Waals surface area contributed by atoms with Gasteiger partial charge in [-0.05, 0) is 43.4 Å². The van der Waals surface area contributed by atoms with Crippen molar-refractivity contribution in [3.8, 4) is 0 Å². The van der Waals surface area contributed by atoms with E-state index in [1.165, 1.54) is 6.07 Å². The quantitative estimate of drug-likeness (QED) is 0.485. The Kier molecular flexibility index (Phi) is 5.78. The van der Waals surface area contributed by atoms with Gasteiger partial charge >= 0.3 is 0 Å². The Morgan fingerprint density at radius 1 is 1.19 bits per heavy atom. The van der Waals surface area contributed by atoms with Crippen molar-refractivity contribution in [3.63, 3.8) is 0 Å². The van der Waals surface area contributed by atoms with Gasteiger partial charge in [-0.3, -0.25) is 14.9 Å². The normalized spacial score (nSPS) is 14.9. The first-order valence-electron chi connectivity index (χ1n) is 8.52. The number of nitro groups is 1. The Labute approximate surface area is 156 Å². The van der Waals surface area contributed by atoms with Gasteiger partial charge in [0, 0.05) is 35.7 Å². The van der Waals surface area contributed by atoms with Crippen molar-refractivity contribution in [2.75, 3.05) is 29.6 Å². The number of nitro benzene ring substituents is 1. The number of rotatable bonds is 5. The molecule has 2 aromatic rings. The lowest BCUT2D eigenvalue weighted by Gasteiger charge is -2.32. The molecular weight excluding hydrogens is 350 g/mol. The van der Waals surface area contributed by atoms with Gasteiger partial charge in [-0.1, -0.05) is 18.2 Å². The van der Waals surface area contributed by atoms with Crippen LogP contribution in [0.3, 0.4) is 0 Å². The topological polar surface area (TPSA) is 75.5 Å². The van der Waals surface area contributed by atoms with Gasteiger partial charge in [-0.15, -0.1) is 11.8 Å². The van der Waals surface area contributed by atoms with E-state index in [0.29, 0.717) is 31.6 Å². The van der Waals surface area contributed by atoms with Crippen LogP contribution in [0.5, 0.6) is 0 Å². The number of para-hydroxylation sites is 2. The molecule has 0 atom stereocenters. The highest BCUT2D eigenvalue weighted by Crippen LogP contribution is 2.31. The second-order valence-electron chi connectivity index (χ2n) is 6.23. The monoisotopic (exact) mass is 371 g/mol. The van der Waals surface area contributed by atoms with Crippen molar-refractivity contribution in [1.29, 1.82) is 0 Å². The zero-order valence-electron chi connectivity index (χ0n) is 14.6. The Balaban J connectivity index is 1.61. The minimum absolute atomic E-state index is 0.0189. The molecule has 0 unspecified atom stereocenters. The van der Waals surface area contributed by atoms with Crippen LogP contribution < -0.4 is 10.2 Å². The third-order valence-electron chi connectivity index (χ3n) is 4.62. The molecule has 0 radical (unpaired) electrons. The van der Waals surface area contributed by atoms with Crippen molar-refractivity contribution in [2.45, 2.75) is 17.7 Å². The second-order valence-corrected chi connectivity index (χ2v) is 7.11. The molecule has 1 aliphatic heterocycles. The van der Waals surface area contributed by atoms with E-state index in [2.05, 4.69) is 5.32 Å². The average Bonchev–Trinajstić information content (AvgIpc) is 2.68. The summed E-state index contributed by atoms with van der Waals surface area (Å²) in [5.41, 5.74) is 1.55. The van der Waals surface area contributed by atoms with Crippen LogP contribution in [0.1, 0.15) is 12.8 Å². The number of nitrogens with one attached hydrogen (secondary N) is 1. The number of anilines is 2. The van der Waals surface area contributed by atoms with E-state index in [1.807, 2.05) is 35.4 Å². The minimum atomic E-state index is -0.354. The van der Waals surface area contributed by atoms with E-state index in [4.69, 9.17) is 0 Å². The van der Waals surface area contributed by atoms with Crippen molar-refractivity contribution < 1.29 is 9.72 Å². The Morgan fingerprint density at radius 2 is 1.92 bits per heavy atom. The van der Waals surface area contributed by atoms with Crippen LogP contribution >= 0.6 is 11.8 Å². The fraction of sp³-hybridized carbons (Fsp3) is 0.316. The van der Waals surface area contributed by atoms with E-state index in [9.17, 15) is 14.9 Å². The lowest BCUT2D eigenvalue weighted by molar-refractivity contribution is -0.384. The minimum Gasteiger partial charge on any atom is -0.366 e. The number of hydrogen-bond donors (Lipinski definition) is 1. The fourth-order valence-electron chi connectivity index (χ4n) is 3.21. The molecule has 3 rings (SSSR count). The van der Waals surface area contributed by atoms with Gasteiger partial charge in [-0.25, -0.2) is 0 Å². The number of piperidine rings is 1. The molecule has 0 aromatic heterocycles. The highest BCUT2D eigenvalue weighted by molar-refractivity contribution is 7.98. The molecule has 1 N–H and O–H groups in total. The van der Waals surface area contributed by atoms with Crippen LogP contribution in [-0.4, -0.2) is 30.2 Å². The third kappa shape index (κ3) is 4.16. The number of carbonyl (C=O) groups is 1. The average molecular weight is 371 g/mol. The molecule has 1 aliphatic rings. The van der Waals surface area contributed by atoms with Gasteiger partial charge in [0.15, 0.2) is 0 Å². The molecule has 1 heterocycles. The highest BCUT2D eigenvalue weighted by atomic mass is 32.2. The Hall–Kier alpha value is -2.54. The number of carbonyl (C=O) groups excluding carboxylic acids is 1. The van der Waals surface area contributed by atoms with Crippen LogP contribution in [0.25, 0.3) is 0 Å². The fourth-order valence-corrected chi connectivity index (χ4v) is 3.67. The van der Waals surface area contributed by atoms with Crippen molar-refractivity contribution in [2.24, 2.45) is 5.92 Å². The molecule has 6 nitrogen and oxygen atoms in total. The number of amides is 1. The summed E-state index contributed by atoms with van der Waals surface area (Å²) in [5, 5.41) is 14.2. The summed E-state index contributed by atoms with van der Waals surface area (Å²) in [4.78, 5) is 26.5. The molecule has 2 aromatic carbocycles. The van der Waals surface area contributed by atoms with Crippen LogP contribution in [-0.2, 0) is 4.79 Å². The molecule has 1 saturated heterocycles. The predicted molar refractivity (Wildman–Crippen MR) is 105 cm³/mol. The largest absolute Gasteiger partial charge is 0.366 e. The lowest BCUT2D eigenvalue weighted by Crippen LogP contribution is -2.38. The van der Waals surface area contributed by atoms with Crippen LogP contribution in [0.15, 0.2) is 53.4 Å². The van der Waals surface area contributed by atoms with E-state index in [1.54, 1.807) is 30.0 Å². The SMILES string of the molecule is CSc1cccc(NC(=O)C2CCN(c3ccccc3[N+](=O)[O-])CC2)c1. The number of hydrogen-bond acceptors (Lipinski definition) is 5. The van der Waals surface area contributed by atoms with Crippen LogP contribution in [0.2, 0.25) is 0 Å². The molecule has 7 heteroatoms. The highest BCUT2D eigenvalue weighted by Gasteiger charge is 2.28. The summed E-state index contributed by atoms with van der Waals surface area (Å²) in [7, 11) is 0. The van der Waals surface area contributed by atoms with E-state index < -0.39 is 0 Å². The first-order chi connectivity index (χ1) is 12.6. The second kappa shape index (κ2) is 8.23. The molecule has 0 aliphatic carbocycles. The third-order valence-corrected chi connectivity index (χ3v) is 5.35. The van der Waals surface area contributed by atoms with Gasteiger partial charge in [0.25, 0.3) is 5.69 Å². The van der Waals surface area contributed by atoms with E-state index >= 15 is 0 Å². The van der Waals surface area contributed by atoms with Crippen molar-refractivity contribution >= 4 is 34.7 Å². The molecule has 0 bridgehead atoms. The first-order valence-corrected chi connectivity index (χ1v) is 9.74. The molecule has 26 heavy (non-hydrogen) atoms. The summed E-state index contributed by atoms with van der Waals surface area (Å²) >= 11 is 1.63. The maximum atomic E-state index is 12.5. The lowest BCUT2D eigenvalue weighted by atomic mass is 9.95. The van der Waals surface area contributed by atoms with Crippen molar-refractivity contribution in [1.82, 2.24) is 0 Å². The van der Waals surface area contributed by atoms with E-state index in [0.717, 1.165) is 10.6 Å². The van der Waals surface area contributed by atoms with Crippen LogP contribution in [0, 0.1) is 16.0 Å². The number of benzene rings is 2. The van der Waals surface area contributed by atoms with Gasteiger partial charge in [0.1, 0.15) is 5.69 Å². The number of thioether (sulfide) groups is 1. The maximum absolute atomic E-state index is 12.5. The molecule has 1 fully saturated rings. The Morgan fingerprint density at radius 3 is 2.62 bits per heavy atom. The zero-order chi connectivity index (χ0) is 18.5. The molecule has 0 saturated carbocycles. The number of nitrogens with zero attached hydrogens (tertiary/aromatic N) is 2. The zero-order valence-corrected chi connectivity index (χ0v) is 15.4. The first kappa shape index (κ1) is 18.3. The smallest absolute Gasteiger partial charge is 0.292 e. The molecular formula is C19H21N3O3S. The van der Waals surface area contributed by atoms with E-state index in [-0.39, 0.29) is 22.4 Å². The summed E-state index contributed by atoms with van der Waals surface area (Å²) in [6.45, 7) is 1.27. The van der Waals surface area contributed by atoms with Crippen LogP contribution in [0.4, 0.5) is 17.1 Å². The Bertz CT molecular complexity index is 804. The van der Waals surface area contributed by atoms with Gasteiger partial charge < -0.3 is 10.2 Å². The molecule has 136 valence electrons.